The minimum Gasteiger partial charge on any atom is -0.382 e. The third-order valence-electron chi connectivity index (χ3n) is 2.45. The van der Waals surface area contributed by atoms with Crippen LogP contribution in [-0.4, -0.2) is 23.4 Å². The van der Waals surface area contributed by atoms with Gasteiger partial charge in [-0.2, -0.15) is 0 Å². The average Bonchev–Trinajstić information content (AvgIpc) is 2.77. The molecule has 11 heavy (non-hydrogen) atoms. The summed E-state index contributed by atoms with van der Waals surface area (Å²) >= 11 is 0. The Morgan fingerprint density at radius 3 is 2.82 bits per heavy atom. The summed E-state index contributed by atoms with van der Waals surface area (Å²) < 4.78 is 5.09. The van der Waals surface area contributed by atoms with Gasteiger partial charge >= 0.3 is 0 Å². The monoisotopic (exact) mass is 152 g/mol. The molecular formula is C9H12O2. The molecule has 0 bridgehead atoms. The first-order valence-corrected chi connectivity index (χ1v) is 3.93. The van der Waals surface area contributed by atoms with Gasteiger partial charge in [0, 0.05) is 5.92 Å². The van der Waals surface area contributed by atoms with Gasteiger partial charge in [0.2, 0.25) is 0 Å². The lowest BCUT2D eigenvalue weighted by Crippen LogP contribution is -2.40. The van der Waals surface area contributed by atoms with Gasteiger partial charge in [-0.25, -0.2) is 0 Å². The van der Waals surface area contributed by atoms with Crippen LogP contribution in [0.5, 0.6) is 0 Å². The van der Waals surface area contributed by atoms with E-state index in [-0.39, 0.29) is 12.0 Å². The van der Waals surface area contributed by atoms with E-state index in [2.05, 4.69) is 0 Å². The summed E-state index contributed by atoms with van der Waals surface area (Å²) in [7, 11) is 0. The summed E-state index contributed by atoms with van der Waals surface area (Å²) in [6.45, 7) is 2.70. The van der Waals surface area contributed by atoms with Crippen molar-refractivity contribution in [3.63, 3.8) is 0 Å². The van der Waals surface area contributed by atoms with Gasteiger partial charge in [0.25, 0.3) is 0 Å². The number of hydrogen-bond acceptors (Lipinski definition) is 2. The number of ether oxygens (including phenoxy) is 1. The van der Waals surface area contributed by atoms with Crippen LogP contribution in [0, 0.1) is 5.92 Å². The molecule has 1 aliphatic heterocycles. The van der Waals surface area contributed by atoms with E-state index >= 15 is 0 Å². The molecule has 3 unspecified atom stereocenters. The van der Waals surface area contributed by atoms with E-state index in [4.69, 9.17) is 4.74 Å². The van der Waals surface area contributed by atoms with E-state index in [9.17, 15) is 5.11 Å². The van der Waals surface area contributed by atoms with Gasteiger partial charge < -0.3 is 9.84 Å². The molecule has 1 saturated heterocycles. The van der Waals surface area contributed by atoms with E-state index < -0.39 is 5.60 Å². The van der Waals surface area contributed by atoms with Gasteiger partial charge in [0.15, 0.2) is 0 Å². The highest BCUT2D eigenvalue weighted by Gasteiger charge is 2.47. The molecule has 1 aliphatic carbocycles. The third-order valence-corrected chi connectivity index (χ3v) is 2.45. The van der Waals surface area contributed by atoms with Crippen molar-refractivity contribution in [3.8, 4) is 0 Å². The largest absolute Gasteiger partial charge is 0.382 e. The van der Waals surface area contributed by atoms with Gasteiger partial charge in [0.05, 0.1) is 6.61 Å². The van der Waals surface area contributed by atoms with Crippen LogP contribution in [-0.2, 0) is 4.74 Å². The van der Waals surface area contributed by atoms with Crippen LogP contribution in [0.2, 0.25) is 0 Å². The smallest absolute Gasteiger partial charge is 0.117 e. The van der Waals surface area contributed by atoms with Crippen molar-refractivity contribution in [2.75, 3.05) is 6.61 Å². The Bertz CT molecular complexity index is 216. The molecule has 0 radical (unpaired) electrons. The number of hydrogen-bond donors (Lipinski definition) is 1. The van der Waals surface area contributed by atoms with Crippen LogP contribution in [0.4, 0.5) is 0 Å². The zero-order valence-electron chi connectivity index (χ0n) is 6.53. The predicted molar refractivity (Wildman–Crippen MR) is 42.1 cm³/mol. The van der Waals surface area contributed by atoms with Crippen molar-refractivity contribution >= 4 is 0 Å². The molecule has 0 aromatic heterocycles. The zero-order valence-corrected chi connectivity index (χ0v) is 6.53. The SMILES string of the molecule is CC1C=CC=CC1(O)C1CO1. The Labute approximate surface area is 66.2 Å². The van der Waals surface area contributed by atoms with E-state index in [0.717, 1.165) is 0 Å². The van der Waals surface area contributed by atoms with Gasteiger partial charge in [0.1, 0.15) is 11.7 Å². The zero-order chi connectivity index (χ0) is 7.90. The van der Waals surface area contributed by atoms with Crippen LogP contribution in [0.3, 0.4) is 0 Å². The first kappa shape index (κ1) is 7.07. The fraction of sp³-hybridized carbons (Fsp3) is 0.556. The normalized spacial score (nSPS) is 47.8. The van der Waals surface area contributed by atoms with Crippen molar-refractivity contribution in [2.45, 2.75) is 18.6 Å². The second kappa shape index (κ2) is 2.19. The van der Waals surface area contributed by atoms with E-state index in [1.165, 1.54) is 0 Å². The standard InChI is InChI=1S/C9H12O2/c1-7-4-2-3-5-9(7,10)8-6-11-8/h2-5,7-8,10H,6H2,1H3. The molecule has 0 saturated carbocycles. The molecule has 2 aliphatic rings. The van der Waals surface area contributed by atoms with Crippen molar-refractivity contribution in [1.82, 2.24) is 0 Å². The lowest BCUT2D eigenvalue weighted by atomic mass is 9.83. The molecule has 0 amide bonds. The summed E-state index contributed by atoms with van der Waals surface area (Å²) in [5, 5.41) is 10.0. The highest BCUT2D eigenvalue weighted by atomic mass is 16.6. The van der Waals surface area contributed by atoms with Crippen LogP contribution in [0.25, 0.3) is 0 Å². The lowest BCUT2D eigenvalue weighted by Gasteiger charge is -2.29. The second-order valence-electron chi connectivity index (χ2n) is 3.24. The first-order valence-electron chi connectivity index (χ1n) is 3.93. The van der Waals surface area contributed by atoms with Crippen molar-refractivity contribution in [1.29, 1.82) is 0 Å². The minimum absolute atomic E-state index is 0.0266. The van der Waals surface area contributed by atoms with Gasteiger partial charge in [-0.3, -0.25) is 0 Å². The maximum Gasteiger partial charge on any atom is 0.117 e. The summed E-state index contributed by atoms with van der Waals surface area (Å²) in [5.41, 5.74) is -0.741. The predicted octanol–water partition coefficient (Wildman–Crippen LogP) is 0.878. The maximum atomic E-state index is 10.0. The topological polar surface area (TPSA) is 32.8 Å². The van der Waals surface area contributed by atoms with Crippen LogP contribution < -0.4 is 0 Å². The van der Waals surface area contributed by atoms with E-state index in [1.807, 2.05) is 31.2 Å². The Kier molecular flexibility index (Phi) is 1.41. The lowest BCUT2D eigenvalue weighted by molar-refractivity contribution is 0.0244. The van der Waals surface area contributed by atoms with E-state index in [1.54, 1.807) is 0 Å². The molecular weight excluding hydrogens is 140 g/mol. The molecule has 3 atom stereocenters. The van der Waals surface area contributed by atoms with Crippen molar-refractivity contribution in [2.24, 2.45) is 5.92 Å². The minimum atomic E-state index is -0.741. The maximum absolute atomic E-state index is 10.0. The summed E-state index contributed by atoms with van der Waals surface area (Å²) in [6, 6.07) is 0. The Morgan fingerprint density at radius 1 is 1.55 bits per heavy atom. The fourth-order valence-corrected chi connectivity index (χ4v) is 1.46. The van der Waals surface area contributed by atoms with Gasteiger partial charge in [-0.1, -0.05) is 25.2 Å². The molecule has 0 aromatic rings. The molecule has 1 heterocycles. The number of aliphatic hydroxyl groups is 1. The van der Waals surface area contributed by atoms with Crippen molar-refractivity contribution < 1.29 is 9.84 Å². The van der Waals surface area contributed by atoms with Crippen LogP contribution in [0.15, 0.2) is 24.3 Å². The molecule has 2 heteroatoms. The Hall–Kier alpha value is -0.600. The summed E-state index contributed by atoms with van der Waals surface area (Å²) in [5.74, 6) is 0.167. The molecule has 0 aromatic carbocycles. The van der Waals surface area contributed by atoms with Crippen molar-refractivity contribution in [3.05, 3.63) is 24.3 Å². The molecule has 2 rings (SSSR count). The fourth-order valence-electron chi connectivity index (χ4n) is 1.46. The summed E-state index contributed by atoms with van der Waals surface area (Å²) in [4.78, 5) is 0. The Balaban J connectivity index is 2.22. The third kappa shape index (κ3) is 1.03. The van der Waals surface area contributed by atoms with Crippen LogP contribution in [0.1, 0.15) is 6.92 Å². The molecule has 60 valence electrons. The number of epoxide rings is 1. The van der Waals surface area contributed by atoms with Gasteiger partial charge in [-0.15, -0.1) is 0 Å². The molecule has 2 nitrogen and oxygen atoms in total. The van der Waals surface area contributed by atoms with Crippen LogP contribution >= 0.6 is 0 Å². The average molecular weight is 152 g/mol. The second-order valence-corrected chi connectivity index (χ2v) is 3.24. The molecule has 1 N–H and O–H groups in total. The number of rotatable bonds is 1. The highest BCUT2D eigenvalue weighted by Crippen LogP contribution is 2.35. The van der Waals surface area contributed by atoms with Gasteiger partial charge in [-0.05, 0) is 6.08 Å². The highest BCUT2D eigenvalue weighted by molar-refractivity contribution is 5.24. The molecule has 1 fully saturated rings. The molecule has 0 spiro atoms. The first-order chi connectivity index (χ1) is 5.23. The van der Waals surface area contributed by atoms with E-state index in [0.29, 0.717) is 6.61 Å². The quantitative estimate of drug-likeness (QED) is 0.566. The Morgan fingerprint density at radius 2 is 2.27 bits per heavy atom. The summed E-state index contributed by atoms with van der Waals surface area (Å²) in [6.07, 6.45) is 7.69. The number of allylic oxidation sites excluding steroid dienone is 2.